The molecule has 5 heteroatoms. The molecule has 2 N–H and O–H groups in total. The van der Waals surface area contributed by atoms with Crippen LogP contribution in [0.3, 0.4) is 0 Å². The molecule has 2 rings (SSSR count). The average Bonchev–Trinajstić information content (AvgIpc) is 2.46. The Kier molecular flexibility index (Phi) is 3.70. The fraction of sp³-hybridized carbons (Fsp3) is 0.0667. The Balaban J connectivity index is 2.54. The van der Waals surface area contributed by atoms with Gasteiger partial charge >= 0.3 is 11.9 Å². The minimum Gasteiger partial charge on any atom is -0.496 e. The van der Waals surface area contributed by atoms with Gasteiger partial charge < -0.3 is 14.9 Å². The lowest BCUT2D eigenvalue weighted by Crippen LogP contribution is -1.99. The van der Waals surface area contributed by atoms with E-state index in [1.807, 2.05) is 0 Å². The highest BCUT2D eigenvalue weighted by Crippen LogP contribution is 2.31. The number of benzene rings is 2. The first-order chi connectivity index (χ1) is 9.52. The van der Waals surface area contributed by atoms with Gasteiger partial charge in [0.1, 0.15) is 5.75 Å². The van der Waals surface area contributed by atoms with Crippen molar-refractivity contribution in [1.82, 2.24) is 0 Å². The molecule has 0 atom stereocenters. The van der Waals surface area contributed by atoms with Gasteiger partial charge in [0.15, 0.2) is 0 Å². The molecule has 2 aromatic carbocycles. The highest BCUT2D eigenvalue weighted by Gasteiger charge is 2.12. The maximum atomic E-state index is 11.0. The zero-order valence-electron chi connectivity index (χ0n) is 10.7. The van der Waals surface area contributed by atoms with Crippen molar-refractivity contribution in [2.45, 2.75) is 0 Å². The summed E-state index contributed by atoms with van der Waals surface area (Å²) >= 11 is 0. The van der Waals surface area contributed by atoms with Crippen LogP contribution in [0.4, 0.5) is 0 Å². The predicted octanol–water partition coefficient (Wildman–Crippen LogP) is 2.76. The summed E-state index contributed by atoms with van der Waals surface area (Å²) in [4.78, 5) is 21.9. The monoisotopic (exact) mass is 272 g/mol. The molecule has 0 saturated carbocycles. The van der Waals surface area contributed by atoms with Crippen molar-refractivity contribution in [2.24, 2.45) is 0 Å². The van der Waals surface area contributed by atoms with Crippen molar-refractivity contribution in [3.8, 4) is 16.9 Å². The zero-order valence-corrected chi connectivity index (χ0v) is 10.7. The van der Waals surface area contributed by atoms with Gasteiger partial charge in [0, 0.05) is 5.56 Å². The van der Waals surface area contributed by atoms with Crippen LogP contribution in [0.15, 0.2) is 42.5 Å². The SMILES string of the molecule is COc1cc(C(=O)O)ccc1-c1cccc(C(=O)O)c1. The van der Waals surface area contributed by atoms with E-state index in [0.29, 0.717) is 16.9 Å². The fourth-order valence-electron chi connectivity index (χ4n) is 1.88. The van der Waals surface area contributed by atoms with Crippen LogP contribution in [0.25, 0.3) is 11.1 Å². The van der Waals surface area contributed by atoms with Gasteiger partial charge in [-0.3, -0.25) is 0 Å². The summed E-state index contributed by atoms with van der Waals surface area (Å²) in [5, 5.41) is 17.9. The molecule has 0 heterocycles. The lowest BCUT2D eigenvalue weighted by atomic mass is 10.0. The number of hydrogen-bond donors (Lipinski definition) is 2. The summed E-state index contributed by atoms with van der Waals surface area (Å²) in [6, 6.07) is 10.8. The van der Waals surface area contributed by atoms with Crippen LogP contribution in [0, 0.1) is 0 Å². The summed E-state index contributed by atoms with van der Waals surface area (Å²) in [5.41, 5.74) is 1.56. The molecule has 102 valence electrons. The molecular weight excluding hydrogens is 260 g/mol. The maximum Gasteiger partial charge on any atom is 0.335 e. The van der Waals surface area contributed by atoms with E-state index in [9.17, 15) is 9.59 Å². The molecule has 5 nitrogen and oxygen atoms in total. The van der Waals surface area contributed by atoms with Crippen LogP contribution in [-0.2, 0) is 0 Å². The third-order valence-corrected chi connectivity index (χ3v) is 2.87. The molecule has 0 aliphatic rings. The largest absolute Gasteiger partial charge is 0.496 e. The fourth-order valence-corrected chi connectivity index (χ4v) is 1.88. The summed E-state index contributed by atoms with van der Waals surface area (Å²) in [6.45, 7) is 0. The second-order valence-electron chi connectivity index (χ2n) is 4.11. The van der Waals surface area contributed by atoms with Gasteiger partial charge in [-0.1, -0.05) is 12.1 Å². The Morgan fingerprint density at radius 1 is 0.950 bits per heavy atom. The van der Waals surface area contributed by atoms with Crippen molar-refractivity contribution in [3.63, 3.8) is 0 Å². The zero-order chi connectivity index (χ0) is 14.7. The number of carboxylic acid groups (broad SMARTS) is 2. The van der Waals surface area contributed by atoms with Crippen molar-refractivity contribution >= 4 is 11.9 Å². The first kappa shape index (κ1) is 13.6. The number of methoxy groups -OCH3 is 1. The van der Waals surface area contributed by atoms with E-state index in [0.717, 1.165) is 0 Å². The minimum atomic E-state index is -1.05. The molecule has 0 spiro atoms. The molecular formula is C15H12O5. The number of hydrogen-bond acceptors (Lipinski definition) is 3. The van der Waals surface area contributed by atoms with E-state index in [4.69, 9.17) is 14.9 Å². The molecule has 0 radical (unpaired) electrons. The summed E-state index contributed by atoms with van der Waals surface area (Å²) < 4.78 is 5.18. The molecule has 0 aliphatic carbocycles. The normalized spacial score (nSPS) is 10.1. The third kappa shape index (κ3) is 2.61. The minimum absolute atomic E-state index is 0.111. The molecule has 0 amide bonds. The van der Waals surface area contributed by atoms with Crippen LogP contribution in [0.2, 0.25) is 0 Å². The Morgan fingerprint density at radius 3 is 2.20 bits per heavy atom. The lowest BCUT2D eigenvalue weighted by molar-refractivity contribution is 0.0686. The molecule has 0 fully saturated rings. The van der Waals surface area contributed by atoms with E-state index in [2.05, 4.69) is 0 Å². The second kappa shape index (κ2) is 5.44. The van der Waals surface area contributed by atoms with Crippen LogP contribution in [0.1, 0.15) is 20.7 Å². The van der Waals surface area contributed by atoms with Crippen LogP contribution < -0.4 is 4.74 Å². The number of carboxylic acids is 2. The average molecular weight is 272 g/mol. The molecule has 0 saturated heterocycles. The molecule has 0 aromatic heterocycles. The second-order valence-corrected chi connectivity index (χ2v) is 4.11. The summed E-state index contributed by atoms with van der Waals surface area (Å²) in [7, 11) is 1.44. The van der Waals surface area contributed by atoms with Gasteiger partial charge in [-0.2, -0.15) is 0 Å². The van der Waals surface area contributed by atoms with Crippen LogP contribution in [-0.4, -0.2) is 29.3 Å². The number of ether oxygens (including phenoxy) is 1. The molecule has 0 unspecified atom stereocenters. The maximum absolute atomic E-state index is 11.0. The van der Waals surface area contributed by atoms with Gasteiger partial charge in [0.05, 0.1) is 18.2 Å². The smallest absolute Gasteiger partial charge is 0.335 e. The molecule has 2 aromatic rings. The third-order valence-electron chi connectivity index (χ3n) is 2.87. The first-order valence-corrected chi connectivity index (χ1v) is 5.78. The summed E-state index contributed by atoms with van der Waals surface area (Å²) in [6.07, 6.45) is 0. The number of rotatable bonds is 4. The van der Waals surface area contributed by atoms with Crippen molar-refractivity contribution in [2.75, 3.05) is 7.11 Å². The highest BCUT2D eigenvalue weighted by molar-refractivity contribution is 5.91. The van der Waals surface area contributed by atoms with Gasteiger partial charge in [0.25, 0.3) is 0 Å². The van der Waals surface area contributed by atoms with Crippen molar-refractivity contribution in [3.05, 3.63) is 53.6 Å². The lowest BCUT2D eigenvalue weighted by Gasteiger charge is -2.10. The molecule has 0 aliphatic heterocycles. The van der Waals surface area contributed by atoms with Crippen LogP contribution in [0.5, 0.6) is 5.75 Å². The summed E-state index contributed by atoms with van der Waals surface area (Å²) in [5.74, 6) is -1.69. The Hall–Kier alpha value is -2.82. The van der Waals surface area contributed by atoms with Crippen molar-refractivity contribution < 1.29 is 24.5 Å². The predicted molar refractivity (Wildman–Crippen MR) is 72.3 cm³/mol. The topological polar surface area (TPSA) is 83.8 Å². The number of carbonyl (C=O) groups is 2. The Bertz CT molecular complexity index is 676. The Labute approximate surface area is 115 Å². The van der Waals surface area contributed by atoms with Gasteiger partial charge in [-0.05, 0) is 35.9 Å². The van der Waals surface area contributed by atoms with Crippen molar-refractivity contribution in [1.29, 1.82) is 0 Å². The molecule has 20 heavy (non-hydrogen) atoms. The van der Waals surface area contributed by atoms with Gasteiger partial charge in [-0.15, -0.1) is 0 Å². The van der Waals surface area contributed by atoms with Crippen LogP contribution >= 0.6 is 0 Å². The van der Waals surface area contributed by atoms with E-state index in [1.165, 1.54) is 31.4 Å². The van der Waals surface area contributed by atoms with E-state index in [-0.39, 0.29) is 11.1 Å². The van der Waals surface area contributed by atoms with Gasteiger partial charge in [0.2, 0.25) is 0 Å². The van der Waals surface area contributed by atoms with E-state index < -0.39 is 11.9 Å². The van der Waals surface area contributed by atoms with Gasteiger partial charge in [-0.25, -0.2) is 9.59 Å². The standard InChI is InChI=1S/C15H12O5/c1-20-13-8-11(15(18)19)5-6-12(13)9-3-2-4-10(7-9)14(16)17/h2-8H,1H3,(H,16,17)(H,18,19). The number of aromatic carboxylic acids is 2. The first-order valence-electron chi connectivity index (χ1n) is 5.78. The van der Waals surface area contributed by atoms with E-state index >= 15 is 0 Å². The van der Waals surface area contributed by atoms with E-state index in [1.54, 1.807) is 18.2 Å². The molecule has 0 bridgehead atoms. The quantitative estimate of drug-likeness (QED) is 0.894. The highest BCUT2D eigenvalue weighted by atomic mass is 16.5. The Morgan fingerprint density at radius 2 is 1.60 bits per heavy atom.